The van der Waals surface area contributed by atoms with Crippen LogP contribution in [0.3, 0.4) is 0 Å². The molecule has 0 bridgehead atoms. The maximum absolute atomic E-state index is 12.1. The summed E-state index contributed by atoms with van der Waals surface area (Å²) in [7, 11) is -3.30. The van der Waals surface area contributed by atoms with E-state index in [2.05, 4.69) is 16.2 Å². The number of piperidine rings is 1. The third kappa shape index (κ3) is 2.47. The molecule has 1 aromatic heterocycles. The molecule has 0 radical (unpaired) electrons. The van der Waals surface area contributed by atoms with Gasteiger partial charge in [0.1, 0.15) is 9.90 Å². The van der Waals surface area contributed by atoms with Gasteiger partial charge in [0.2, 0.25) is 0 Å². The summed E-state index contributed by atoms with van der Waals surface area (Å²) >= 11 is 1.20. The predicted molar refractivity (Wildman–Crippen MR) is 74.9 cm³/mol. The van der Waals surface area contributed by atoms with E-state index < -0.39 is 9.84 Å². The highest BCUT2D eigenvalue weighted by Gasteiger charge is 2.29. The summed E-state index contributed by atoms with van der Waals surface area (Å²) in [5.41, 5.74) is 5.74. The quantitative estimate of drug-likeness (QED) is 0.917. The molecule has 1 aliphatic heterocycles. The normalized spacial score (nSPS) is 21.2. The molecule has 7 heteroatoms. The Balaban J connectivity index is 2.40. The topological polar surface area (TPSA) is 76.3 Å². The smallest absolute Gasteiger partial charge is 0.184 e. The molecular formula is C11H19N3O2S2. The lowest BCUT2D eigenvalue weighted by Gasteiger charge is -2.31. The van der Waals surface area contributed by atoms with E-state index in [-0.39, 0.29) is 16.5 Å². The fraction of sp³-hybridized carbons (Fsp3) is 0.727. The molecule has 102 valence electrons. The van der Waals surface area contributed by atoms with Gasteiger partial charge in [-0.3, -0.25) is 0 Å². The van der Waals surface area contributed by atoms with Gasteiger partial charge in [-0.05, 0) is 30.3 Å². The molecule has 0 amide bonds. The Bertz CT molecular complexity index is 524. The highest BCUT2D eigenvalue weighted by molar-refractivity contribution is 7.91. The number of aromatic nitrogens is 1. The van der Waals surface area contributed by atoms with Crippen molar-refractivity contribution in [3.05, 3.63) is 0 Å². The molecule has 0 aromatic carbocycles. The molecule has 1 atom stereocenters. The maximum Gasteiger partial charge on any atom is 0.184 e. The standard InChI is InChI=1S/C11H19N3O2S2/c1-3-18(15,16)9-10(12)13-17-11(9)14-6-4-5-8(2)7-14/h8H,3-7H2,1-2H3,(H2,12,13). The Morgan fingerprint density at radius 2 is 2.28 bits per heavy atom. The minimum atomic E-state index is -3.30. The molecule has 0 saturated carbocycles. The summed E-state index contributed by atoms with van der Waals surface area (Å²) in [6.07, 6.45) is 2.28. The van der Waals surface area contributed by atoms with Crippen molar-refractivity contribution < 1.29 is 8.42 Å². The van der Waals surface area contributed by atoms with Gasteiger partial charge in [-0.25, -0.2) is 8.42 Å². The van der Waals surface area contributed by atoms with E-state index in [4.69, 9.17) is 5.73 Å². The van der Waals surface area contributed by atoms with Crippen LogP contribution in [0.1, 0.15) is 26.7 Å². The fourth-order valence-electron chi connectivity index (χ4n) is 2.30. The molecule has 18 heavy (non-hydrogen) atoms. The molecule has 2 rings (SSSR count). The number of rotatable bonds is 3. The van der Waals surface area contributed by atoms with Crippen LogP contribution >= 0.6 is 11.5 Å². The molecule has 0 spiro atoms. The molecule has 5 nitrogen and oxygen atoms in total. The van der Waals surface area contributed by atoms with Crippen LogP contribution in [-0.2, 0) is 9.84 Å². The number of nitrogens with zero attached hydrogens (tertiary/aromatic N) is 2. The summed E-state index contributed by atoms with van der Waals surface area (Å²) in [5, 5.41) is 0.723. The second kappa shape index (κ2) is 5.05. The molecule has 1 fully saturated rings. The van der Waals surface area contributed by atoms with Crippen molar-refractivity contribution in [3.63, 3.8) is 0 Å². The highest BCUT2D eigenvalue weighted by Crippen LogP contribution is 2.37. The van der Waals surface area contributed by atoms with Gasteiger partial charge in [0.05, 0.1) is 5.75 Å². The lowest BCUT2D eigenvalue weighted by Crippen LogP contribution is -2.34. The van der Waals surface area contributed by atoms with Crippen LogP contribution in [0.25, 0.3) is 0 Å². The molecule has 1 aliphatic rings. The highest BCUT2D eigenvalue weighted by atomic mass is 32.2. The zero-order valence-corrected chi connectivity index (χ0v) is 12.4. The average Bonchev–Trinajstić information content (AvgIpc) is 2.72. The molecule has 0 aliphatic carbocycles. The number of sulfone groups is 1. The van der Waals surface area contributed by atoms with E-state index in [1.165, 1.54) is 18.0 Å². The van der Waals surface area contributed by atoms with Crippen molar-refractivity contribution in [2.24, 2.45) is 5.92 Å². The van der Waals surface area contributed by atoms with Crippen LogP contribution in [0.15, 0.2) is 4.90 Å². The molecular weight excluding hydrogens is 270 g/mol. The monoisotopic (exact) mass is 289 g/mol. The van der Waals surface area contributed by atoms with E-state index in [0.717, 1.165) is 24.5 Å². The lowest BCUT2D eigenvalue weighted by atomic mass is 10.0. The number of nitrogen functional groups attached to an aromatic ring is 1. The van der Waals surface area contributed by atoms with Crippen LogP contribution in [-0.4, -0.2) is 31.6 Å². The summed E-state index contributed by atoms with van der Waals surface area (Å²) < 4.78 is 28.2. The maximum atomic E-state index is 12.1. The number of nitrogens with two attached hydrogens (primary N) is 1. The van der Waals surface area contributed by atoms with Crippen molar-refractivity contribution in [2.75, 3.05) is 29.5 Å². The molecule has 2 heterocycles. The van der Waals surface area contributed by atoms with Gasteiger partial charge in [0, 0.05) is 13.1 Å². The van der Waals surface area contributed by atoms with Crippen molar-refractivity contribution in [3.8, 4) is 0 Å². The summed E-state index contributed by atoms with van der Waals surface area (Å²) in [5.74, 6) is 0.792. The first-order valence-electron chi connectivity index (χ1n) is 6.18. The number of anilines is 2. The second-order valence-corrected chi connectivity index (χ2v) is 7.77. The van der Waals surface area contributed by atoms with Crippen LogP contribution < -0.4 is 10.6 Å². The summed E-state index contributed by atoms with van der Waals surface area (Å²) in [6, 6.07) is 0. The van der Waals surface area contributed by atoms with Crippen LogP contribution in [0.2, 0.25) is 0 Å². The van der Waals surface area contributed by atoms with Gasteiger partial charge < -0.3 is 10.6 Å². The second-order valence-electron chi connectivity index (χ2n) is 4.80. The van der Waals surface area contributed by atoms with E-state index in [1.54, 1.807) is 6.92 Å². The Hall–Kier alpha value is -0.820. The van der Waals surface area contributed by atoms with Gasteiger partial charge in [-0.2, -0.15) is 4.37 Å². The first-order valence-corrected chi connectivity index (χ1v) is 8.61. The number of hydrogen-bond acceptors (Lipinski definition) is 6. The largest absolute Gasteiger partial charge is 0.382 e. The first-order chi connectivity index (χ1) is 8.45. The summed E-state index contributed by atoms with van der Waals surface area (Å²) in [6.45, 7) is 5.59. The Morgan fingerprint density at radius 1 is 1.56 bits per heavy atom. The molecule has 2 N–H and O–H groups in total. The Morgan fingerprint density at radius 3 is 2.89 bits per heavy atom. The van der Waals surface area contributed by atoms with E-state index >= 15 is 0 Å². The summed E-state index contributed by atoms with van der Waals surface area (Å²) in [4.78, 5) is 2.36. The first kappa shape index (κ1) is 13.6. The zero-order chi connectivity index (χ0) is 13.3. The van der Waals surface area contributed by atoms with Crippen molar-refractivity contribution in [1.29, 1.82) is 0 Å². The van der Waals surface area contributed by atoms with Gasteiger partial charge in [0.15, 0.2) is 15.7 Å². The lowest BCUT2D eigenvalue weighted by molar-refractivity contribution is 0.447. The van der Waals surface area contributed by atoms with Gasteiger partial charge >= 0.3 is 0 Å². The van der Waals surface area contributed by atoms with Crippen LogP contribution in [0.5, 0.6) is 0 Å². The third-order valence-electron chi connectivity index (χ3n) is 3.29. The SMILES string of the molecule is CCS(=O)(=O)c1c(N)nsc1N1CCCC(C)C1. The third-order valence-corrected chi connectivity index (χ3v) is 6.13. The Labute approximate surface area is 112 Å². The van der Waals surface area contributed by atoms with Crippen LogP contribution in [0.4, 0.5) is 10.8 Å². The molecule has 1 unspecified atom stereocenters. The average molecular weight is 289 g/mol. The van der Waals surface area contributed by atoms with Crippen molar-refractivity contribution >= 4 is 32.2 Å². The zero-order valence-electron chi connectivity index (χ0n) is 10.7. The van der Waals surface area contributed by atoms with Crippen molar-refractivity contribution in [1.82, 2.24) is 4.37 Å². The fourth-order valence-corrected chi connectivity index (χ4v) is 4.64. The minimum absolute atomic E-state index is 0.0615. The molecule has 1 aromatic rings. The molecule has 1 saturated heterocycles. The van der Waals surface area contributed by atoms with E-state index in [1.807, 2.05) is 0 Å². The van der Waals surface area contributed by atoms with Gasteiger partial charge in [-0.15, -0.1) is 0 Å². The van der Waals surface area contributed by atoms with Gasteiger partial charge in [0.25, 0.3) is 0 Å². The Kier molecular flexibility index (Phi) is 3.82. The predicted octanol–water partition coefficient (Wildman–Crippen LogP) is 1.76. The van der Waals surface area contributed by atoms with Crippen molar-refractivity contribution in [2.45, 2.75) is 31.6 Å². The van der Waals surface area contributed by atoms with E-state index in [9.17, 15) is 8.42 Å². The minimum Gasteiger partial charge on any atom is -0.382 e. The van der Waals surface area contributed by atoms with Crippen LogP contribution in [0, 0.1) is 5.92 Å². The van der Waals surface area contributed by atoms with E-state index in [0.29, 0.717) is 5.92 Å². The van der Waals surface area contributed by atoms with Gasteiger partial charge in [-0.1, -0.05) is 13.8 Å². The number of hydrogen-bond donors (Lipinski definition) is 1.